The summed E-state index contributed by atoms with van der Waals surface area (Å²) in [7, 11) is 0. The van der Waals surface area contributed by atoms with E-state index in [-0.39, 0.29) is 24.7 Å². The maximum Gasteiger partial charge on any atom is 0.221 e. The van der Waals surface area contributed by atoms with Crippen LogP contribution in [0.2, 0.25) is 0 Å². The largest absolute Gasteiger partial charge is 0.369 e. The van der Waals surface area contributed by atoms with Crippen LogP contribution in [0.15, 0.2) is 12.1 Å². The highest BCUT2D eigenvalue weighted by Crippen LogP contribution is 2.20. The van der Waals surface area contributed by atoms with Crippen molar-refractivity contribution in [3.8, 4) is 0 Å². The van der Waals surface area contributed by atoms with Crippen LogP contribution in [0, 0.1) is 0 Å². The van der Waals surface area contributed by atoms with Gasteiger partial charge >= 0.3 is 0 Å². The second-order valence-corrected chi connectivity index (χ2v) is 4.38. The minimum atomic E-state index is -0.362. The highest BCUT2D eigenvalue weighted by molar-refractivity contribution is 5.79. The van der Waals surface area contributed by atoms with Gasteiger partial charge in [-0.2, -0.15) is 0 Å². The van der Waals surface area contributed by atoms with E-state index in [1.54, 1.807) is 0 Å². The van der Waals surface area contributed by atoms with Crippen molar-refractivity contribution in [1.82, 2.24) is 0 Å². The average Bonchev–Trinajstić information content (AvgIpc) is 2.28. The molecule has 0 aromatic heterocycles. The summed E-state index contributed by atoms with van der Waals surface area (Å²) in [6.07, 6.45) is 2.09. The van der Waals surface area contributed by atoms with Gasteiger partial charge in [0.05, 0.1) is 12.8 Å². The third-order valence-electron chi connectivity index (χ3n) is 3.01. The number of primary amides is 2. The van der Waals surface area contributed by atoms with Crippen LogP contribution in [0.5, 0.6) is 0 Å². The number of carbonyl (C=O) groups is 2. The van der Waals surface area contributed by atoms with E-state index in [0.717, 1.165) is 35.1 Å². The monoisotopic (exact) mass is 248 g/mol. The molecule has 0 aliphatic rings. The zero-order valence-electron chi connectivity index (χ0n) is 11.0. The van der Waals surface area contributed by atoms with Gasteiger partial charge in [-0.05, 0) is 35.1 Å². The second-order valence-electron chi connectivity index (χ2n) is 4.38. The topological polar surface area (TPSA) is 86.2 Å². The van der Waals surface area contributed by atoms with Crippen LogP contribution in [0.4, 0.5) is 0 Å². The average molecular weight is 248 g/mol. The lowest BCUT2D eigenvalue weighted by Crippen LogP contribution is -2.18. The molecule has 18 heavy (non-hydrogen) atoms. The molecule has 0 unspecified atom stereocenters. The lowest BCUT2D eigenvalue weighted by molar-refractivity contribution is -0.118. The van der Waals surface area contributed by atoms with Crippen molar-refractivity contribution in [3.05, 3.63) is 34.4 Å². The first-order chi connectivity index (χ1) is 8.47. The van der Waals surface area contributed by atoms with Crippen LogP contribution in [-0.2, 0) is 35.3 Å². The number of amides is 2. The van der Waals surface area contributed by atoms with Crippen LogP contribution >= 0.6 is 0 Å². The first-order valence-electron chi connectivity index (χ1n) is 6.18. The van der Waals surface area contributed by atoms with Crippen molar-refractivity contribution in [2.75, 3.05) is 0 Å². The fourth-order valence-corrected chi connectivity index (χ4v) is 2.15. The Balaban J connectivity index is 3.23. The lowest BCUT2D eigenvalue weighted by Gasteiger charge is -2.13. The normalized spacial score (nSPS) is 10.3. The molecule has 1 aromatic carbocycles. The highest BCUT2D eigenvalue weighted by atomic mass is 16.1. The van der Waals surface area contributed by atoms with E-state index in [4.69, 9.17) is 11.5 Å². The van der Waals surface area contributed by atoms with Crippen molar-refractivity contribution in [2.24, 2.45) is 11.5 Å². The molecular weight excluding hydrogens is 228 g/mol. The molecule has 0 bridgehead atoms. The Kier molecular flexibility index (Phi) is 4.89. The number of benzene rings is 1. The molecule has 0 spiro atoms. The third kappa shape index (κ3) is 3.58. The van der Waals surface area contributed by atoms with Gasteiger partial charge in [0, 0.05) is 0 Å². The molecule has 0 saturated carbocycles. The molecule has 4 nitrogen and oxygen atoms in total. The second kappa shape index (κ2) is 6.19. The van der Waals surface area contributed by atoms with Crippen molar-refractivity contribution < 1.29 is 9.59 Å². The molecule has 4 heteroatoms. The van der Waals surface area contributed by atoms with Gasteiger partial charge in [-0.3, -0.25) is 9.59 Å². The number of aryl methyl sites for hydroxylation is 2. The van der Waals surface area contributed by atoms with Crippen molar-refractivity contribution >= 4 is 11.8 Å². The van der Waals surface area contributed by atoms with Gasteiger partial charge in [0.15, 0.2) is 0 Å². The molecule has 4 N–H and O–H groups in total. The van der Waals surface area contributed by atoms with Crippen molar-refractivity contribution in [3.63, 3.8) is 0 Å². The molecule has 0 heterocycles. The van der Waals surface area contributed by atoms with Crippen LogP contribution in [0.25, 0.3) is 0 Å². The smallest absolute Gasteiger partial charge is 0.221 e. The van der Waals surface area contributed by atoms with Crippen LogP contribution in [-0.4, -0.2) is 11.8 Å². The van der Waals surface area contributed by atoms with Gasteiger partial charge in [0.1, 0.15) is 0 Å². The van der Waals surface area contributed by atoms with Gasteiger partial charge in [0.2, 0.25) is 11.8 Å². The van der Waals surface area contributed by atoms with Gasteiger partial charge in [0.25, 0.3) is 0 Å². The number of hydrogen-bond donors (Lipinski definition) is 2. The highest BCUT2D eigenvalue weighted by Gasteiger charge is 2.11. The Hall–Kier alpha value is -1.84. The summed E-state index contributed by atoms with van der Waals surface area (Å²) in [5.74, 6) is -0.724. The Morgan fingerprint density at radius 2 is 1.17 bits per heavy atom. The molecule has 0 radical (unpaired) electrons. The minimum Gasteiger partial charge on any atom is -0.369 e. The Bertz CT molecular complexity index is 428. The molecule has 2 amide bonds. The van der Waals surface area contributed by atoms with Gasteiger partial charge in [-0.25, -0.2) is 0 Å². The fourth-order valence-electron chi connectivity index (χ4n) is 2.15. The number of hydrogen-bond acceptors (Lipinski definition) is 2. The molecule has 98 valence electrons. The minimum absolute atomic E-state index is 0.207. The first-order valence-corrected chi connectivity index (χ1v) is 6.18. The summed E-state index contributed by atoms with van der Waals surface area (Å²) in [4.78, 5) is 22.1. The Morgan fingerprint density at radius 3 is 1.44 bits per heavy atom. The molecular formula is C14H20N2O2. The van der Waals surface area contributed by atoms with Crippen molar-refractivity contribution in [1.29, 1.82) is 0 Å². The molecule has 0 fully saturated rings. The Morgan fingerprint density at radius 1 is 0.833 bits per heavy atom. The predicted octanol–water partition coefficient (Wildman–Crippen LogP) is 0.867. The van der Waals surface area contributed by atoms with Gasteiger partial charge in [-0.1, -0.05) is 26.0 Å². The van der Waals surface area contributed by atoms with Gasteiger partial charge in [-0.15, -0.1) is 0 Å². The molecule has 0 aliphatic carbocycles. The summed E-state index contributed by atoms with van der Waals surface area (Å²) >= 11 is 0. The Labute approximate surface area is 107 Å². The number of rotatable bonds is 6. The molecule has 0 atom stereocenters. The standard InChI is InChI=1S/C14H20N2O2/c1-3-9-5-10(4-2)12(8-14(16)18)6-11(9)7-13(15)17/h5-6H,3-4,7-8H2,1-2H3,(H2,15,17)(H2,16,18). The summed E-state index contributed by atoms with van der Waals surface area (Å²) in [6, 6.07) is 3.95. The molecule has 0 saturated heterocycles. The number of nitrogens with two attached hydrogens (primary N) is 2. The first kappa shape index (κ1) is 14.2. The van der Waals surface area contributed by atoms with Crippen LogP contribution in [0.3, 0.4) is 0 Å². The summed E-state index contributed by atoms with van der Waals surface area (Å²) < 4.78 is 0. The SMILES string of the molecule is CCc1cc(CC)c(CC(N)=O)cc1CC(N)=O. The van der Waals surface area contributed by atoms with E-state index in [0.29, 0.717) is 0 Å². The number of carbonyl (C=O) groups excluding carboxylic acids is 2. The zero-order valence-corrected chi connectivity index (χ0v) is 11.0. The quantitative estimate of drug-likeness (QED) is 0.782. The van der Waals surface area contributed by atoms with E-state index in [2.05, 4.69) is 6.07 Å². The third-order valence-corrected chi connectivity index (χ3v) is 3.01. The van der Waals surface area contributed by atoms with E-state index < -0.39 is 0 Å². The summed E-state index contributed by atoms with van der Waals surface area (Å²) in [5, 5.41) is 0. The fraction of sp³-hybridized carbons (Fsp3) is 0.429. The zero-order chi connectivity index (χ0) is 13.7. The van der Waals surface area contributed by atoms with E-state index in [1.807, 2.05) is 19.9 Å². The predicted molar refractivity (Wildman–Crippen MR) is 71.0 cm³/mol. The molecule has 1 aromatic rings. The maximum absolute atomic E-state index is 11.1. The van der Waals surface area contributed by atoms with Crippen LogP contribution in [0.1, 0.15) is 36.1 Å². The van der Waals surface area contributed by atoms with E-state index >= 15 is 0 Å². The van der Waals surface area contributed by atoms with Crippen molar-refractivity contribution in [2.45, 2.75) is 39.5 Å². The van der Waals surface area contributed by atoms with Gasteiger partial charge < -0.3 is 11.5 Å². The van der Waals surface area contributed by atoms with Crippen LogP contribution < -0.4 is 11.5 Å². The van der Waals surface area contributed by atoms with E-state index in [1.165, 1.54) is 0 Å². The summed E-state index contributed by atoms with van der Waals surface area (Å²) in [5.41, 5.74) is 14.5. The van der Waals surface area contributed by atoms with E-state index in [9.17, 15) is 9.59 Å². The summed E-state index contributed by atoms with van der Waals surface area (Å²) in [6.45, 7) is 4.07. The molecule has 1 rings (SSSR count). The molecule has 0 aliphatic heterocycles. The lowest BCUT2D eigenvalue weighted by atomic mass is 9.92. The maximum atomic E-state index is 11.1.